The van der Waals surface area contributed by atoms with Gasteiger partial charge >= 0.3 is 5.97 Å². The van der Waals surface area contributed by atoms with Crippen molar-refractivity contribution >= 4 is 5.97 Å². The fraction of sp³-hybridized carbons (Fsp3) is 0.667. The van der Waals surface area contributed by atoms with Crippen LogP contribution in [0.3, 0.4) is 0 Å². The first kappa shape index (κ1) is 19.9. The van der Waals surface area contributed by atoms with E-state index in [9.17, 15) is 9.90 Å². The quantitative estimate of drug-likeness (QED) is 0.464. The number of carbonyl (C=O) groups excluding carboxylic acids is 1. The number of carbonyl (C=O) groups is 1. The maximum Gasteiger partial charge on any atom is 0.333 e. The van der Waals surface area contributed by atoms with Gasteiger partial charge in [0.25, 0.3) is 0 Å². The Morgan fingerprint density at radius 2 is 2.04 bits per heavy atom. The molecule has 3 atom stereocenters. The molecule has 0 aromatic heterocycles. The average molecular weight is 348 g/mol. The van der Waals surface area contributed by atoms with E-state index in [-0.39, 0.29) is 17.7 Å². The van der Waals surface area contributed by atoms with Crippen LogP contribution in [-0.4, -0.2) is 35.5 Å². The minimum absolute atomic E-state index is 0.145. The van der Waals surface area contributed by atoms with Gasteiger partial charge in [-0.3, -0.25) is 0 Å². The summed E-state index contributed by atoms with van der Waals surface area (Å²) in [5.74, 6) is 0.0820. The van der Waals surface area contributed by atoms with Crippen molar-refractivity contribution in [2.24, 2.45) is 5.92 Å². The molecule has 0 bridgehead atoms. The third kappa shape index (κ3) is 5.55. The van der Waals surface area contributed by atoms with Crippen LogP contribution >= 0.6 is 0 Å². The van der Waals surface area contributed by atoms with E-state index in [0.717, 1.165) is 19.3 Å². The maximum atomic E-state index is 12.1. The molecule has 4 nitrogen and oxygen atoms in total. The Hall–Kier alpha value is -1.39. The molecule has 1 fully saturated rings. The van der Waals surface area contributed by atoms with E-state index >= 15 is 0 Å². The molecular weight excluding hydrogens is 316 g/mol. The number of ether oxygens (including phenoxy) is 2. The van der Waals surface area contributed by atoms with Crippen LogP contribution in [0.2, 0.25) is 0 Å². The lowest BCUT2D eigenvalue weighted by molar-refractivity contribution is -0.136. The van der Waals surface area contributed by atoms with Gasteiger partial charge in [-0.1, -0.05) is 43.7 Å². The van der Waals surface area contributed by atoms with Crippen LogP contribution in [0.4, 0.5) is 0 Å². The number of methoxy groups -OCH3 is 1. The largest absolute Gasteiger partial charge is 0.466 e. The van der Waals surface area contributed by atoms with E-state index in [1.807, 2.05) is 31.2 Å². The predicted octanol–water partition coefficient (Wildman–Crippen LogP) is 4.10. The molecule has 140 valence electrons. The number of esters is 1. The number of hydrogen-bond acceptors (Lipinski definition) is 4. The highest BCUT2D eigenvalue weighted by atomic mass is 16.6. The van der Waals surface area contributed by atoms with E-state index in [1.54, 1.807) is 0 Å². The topological polar surface area (TPSA) is 59.1 Å². The zero-order valence-corrected chi connectivity index (χ0v) is 16.2. The maximum absolute atomic E-state index is 12.1. The summed E-state index contributed by atoms with van der Waals surface area (Å²) in [5, 5.41) is 10.6. The Morgan fingerprint density at radius 1 is 1.32 bits per heavy atom. The molecule has 25 heavy (non-hydrogen) atoms. The van der Waals surface area contributed by atoms with Crippen LogP contribution < -0.4 is 0 Å². The summed E-state index contributed by atoms with van der Waals surface area (Å²) in [4.78, 5) is 12.1. The molecule has 1 saturated heterocycles. The molecule has 1 N–H and O–H groups in total. The van der Waals surface area contributed by atoms with Gasteiger partial charge in [0, 0.05) is 5.57 Å². The van der Waals surface area contributed by atoms with Crippen molar-refractivity contribution in [2.75, 3.05) is 7.11 Å². The minimum atomic E-state index is -0.840. The third-order valence-electron chi connectivity index (χ3n) is 5.32. The number of fused-ring (bicyclic) bond motifs is 1. The number of epoxide rings is 1. The van der Waals surface area contributed by atoms with Gasteiger partial charge in [-0.15, -0.1) is 0 Å². The summed E-state index contributed by atoms with van der Waals surface area (Å²) in [6, 6.07) is 0. The summed E-state index contributed by atoms with van der Waals surface area (Å²) >= 11 is 0. The van der Waals surface area contributed by atoms with Gasteiger partial charge in [0.1, 0.15) is 0 Å². The second-order valence-electron chi connectivity index (χ2n) is 8.00. The van der Waals surface area contributed by atoms with E-state index < -0.39 is 5.60 Å². The molecule has 1 unspecified atom stereocenters. The molecule has 0 amide bonds. The SMILES string of the molecule is COC(=O)/C1=C\C=C(\C(C)C)CC[C@@](C)(O)/C=C/C[C@]2(C)OC2CC1. The van der Waals surface area contributed by atoms with Gasteiger partial charge in [-0.25, -0.2) is 4.79 Å². The summed E-state index contributed by atoms with van der Waals surface area (Å²) in [6.07, 6.45) is 11.6. The number of allylic oxidation sites excluding steroid dienone is 3. The van der Waals surface area contributed by atoms with Crippen LogP contribution in [0, 0.1) is 5.92 Å². The van der Waals surface area contributed by atoms with Gasteiger partial charge in [0.05, 0.1) is 24.4 Å². The van der Waals surface area contributed by atoms with E-state index in [0.29, 0.717) is 24.3 Å². The van der Waals surface area contributed by atoms with Gasteiger partial charge in [-0.05, 0) is 51.9 Å². The van der Waals surface area contributed by atoms with Crippen LogP contribution in [0.5, 0.6) is 0 Å². The second-order valence-corrected chi connectivity index (χ2v) is 8.00. The van der Waals surface area contributed by atoms with Crippen LogP contribution in [0.1, 0.15) is 59.8 Å². The first-order valence-corrected chi connectivity index (χ1v) is 9.23. The smallest absolute Gasteiger partial charge is 0.333 e. The number of hydrogen-bond donors (Lipinski definition) is 1. The van der Waals surface area contributed by atoms with Crippen molar-refractivity contribution in [1.29, 1.82) is 0 Å². The van der Waals surface area contributed by atoms with Crippen molar-refractivity contribution in [2.45, 2.75) is 77.1 Å². The summed E-state index contributed by atoms with van der Waals surface area (Å²) in [7, 11) is 1.42. The van der Waals surface area contributed by atoms with E-state index in [4.69, 9.17) is 9.47 Å². The van der Waals surface area contributed by atoms with Crippen molar-refractivity contribution in [3.05, 3.63) is 35.5 Å². The lowest BCUT2D eigenvalue weighted by Crippen LogP contribution is -2.21. The molecule has 1 aliphatic carbocycles. The van der Waals surface area contributed by atoms with Crippen molar-refractivity contribution in [1.82, 2.24) is 0 Å². The Bertz CT molecular complexity index is 583. The molecule has 2 aliphatic rings. The Kier molecular flexibility index (Phi) is 6.28. The van der Waals surface area contributed by atoms with Crippen molar-refractivity contribution < 1.29 is 19.4 Å². The molecule has 0 spiro atoms. The summed E-state index contributed by atoms with van der Waals surface area (Å²) in [6.45, 7) is 8.20. The standard InChI is InChI=1S/C21H32O4/c1-15(2)16-7-8-17(19(22)24-5)9-10-18-21(4,25-18)13-6-12-20(3,23)14-11-16/h6-8,12,15,18,23H,9-11,13-14H2,1-5H3/b12-6+,16-7+,17-8-/t18?,20-,21-/m0/s1. The van der Waals surface area contributed by atoms with Gasteiger partial charge in [-0.2, -0.15) is 0 Å². The van der Waals surface area contributed by atoms with Crippen molar-refractivity contribution in [3.8, 4) is 0 Å². The van der Waals surface area contributed by atoms with Crippen molar-refractivity contribution in [3.63, 3.8) is 0 Å². The molecule has 4 heteroatoms. The minimum Gasteiger partial charge on any atom is -0.466 e. The molecule has 2 rings (SSSR count). The van der Waals surface area contributed by atoms with Gasteiger partial charge < -0.3 is 14.6 Å². The fourth-order valence-electron chi connectivity index (χ4n) is 3.31. The second kappa shape index (κ2) is 7.88. The Labute approximate surface area is 151 Å². The predicted molar refractivity (Wildman–Crippen MR) is 99.1 cm³/mol. The van der Waals surface area contributed by atoms with E-state index in [2.05, 4.69) is 20.8 Å². The molecule has 0 aromatic rings. The van der Waals surface area contributed by atoms with Crippen LogP contribution in [-0.2, 0) is 14.3 Å². The highest BCUT2D eigenvalue weighted by Crippen LogP contribution is 2.43. The zero-order chi connectivity index (χ0) is 18.7. The van der Waals surface area contributed by atoms with E-state index in [1.165, 1.54) is 12.7 Å². The summed E-state index contributed by atoms with van der Waals surface area (Å²) in [5.41, 5.74) is 0.877. The number of rotatable bonds is 2. The monoisotopic (exact) mass is 348 g/mol. The third-order valence-corrected chi connectivity index (χ3v) is 5.32. The summed E-state index contributed by atoms with van der Waals surface area (Å²) < 4.78 is 10.8. The highest BCUT2D eigenvalue weighted by molar-refractivity contribution is 5.88. The molecule has 0 radical (unpaired) electrons. The number of aliphatic hydroxyl groups is 1. The highest BCUT2D eigenvalue weighted by Gasteiger charge is 2.50. The first-order valence-electron chi connectivity index (χ1n) is 9.23. The normalized spacial score (nSPS) is 39.2. The van der Waals surface area contributed by atoms with Crippen LogP contribution in [0.25, 0.3) is 0 Å². The Morgan fingerprint density at radius 3 is 2.68 bits per heavy atom. The van der Waals surface area contributed by atoms with Gasteiger partial charge in [0.2, 0.25) is 0 Å². The molecule has 0 saturated carbocycles. The molecular formula is C21H32O4. The van der Waals surface area contributed by atoms with Crippen LogP contribution in [0.15, 0.2) is 35.5 Å². The first-order chi connectivity index (χ1) is 11.7. The molecule has 1 heterocycles. The fourth-order valence-corrected chi connectivity index (χ4v) is 3.31. The van der Waals surface area contributed by atoms with Gasteiger partial charge in [0.15, 0.2) is 0 Å². The lowest BCUT2D eigenvalue weighted by Gasteiger charge is -2.21. The molecule has 1 aliphatic heterocycles. The average Bonchev–Trinajstić information content (AvgIpc) is 3.18. The Balaban J connectivity index is 2.28. The lowest BCUT2D eigenvalue weighted by atomic mass is 9.89. The zero-order valence-electron chi connectivity index (χ0n) is 16.2. The molecule has 0 aromatic carbocycles.